The van der Waals surface area contributed by atoms with Crippen LogP contribution in [0.2, 0.25) is 0 Å². The van der Waals surface area contributed by atoms with Gasteiger partial charge in [0, 0.05) is 24.1 Å². The van der Waals surface area contributed by atoms with Gasteiger partial charge in [-0.15, -0.1) is 0 Å². The van der Waals surface area contributed by atoms with Gasteiger partial charge in [-0.2, -0.15) is 0 Å². The van der Waals surface area contributed by atoms with Crippen molar-refractivity contribution in [3.63, 3.8) is 0 Å². The Hall–Kier alpha value is -3.73. The second-order valence-electron chi connectivity index (χ2n) is 7.65. The number of hydrogen-bond donors (Lipinski definition) is 2. The zero-order chi connectivity index (χ0) is 23.1. The fraction of sp³-hybridized carbons (Fsp3) is 0.375. The minimum Gasteiger partial charge on any atom is -0.493 e. The molecule has 2 aromatic carbocycles. The Morgan fingerprint density at radius 2 is 1.78 bits per heavy atom. The monoisotopic (exact) mass is 440 g/mol. The van der Waals surface area contributed by atoms with Crippen molar-refractivity contribution in [2.45, 2.75) is 25.9 Å². The molecule has 2 amide bonds. The van der Waals surface area contributed by atoms with E-state index in [0.29, 0.717) is 28.7 Å². The van der Waals surface area contributed by atoms with Gasteiger partial charge in [0.15, 0.2) is 23.0 Å². The molecule has 2 aromatic rings. The van der Waals surface area contributed by atoms with Crippen molar-refractivity contribution < 1.29 is 28.5 Å². The molecule has 3 rings (SSSR count). The van der Waals surface area contributed by atoms with Crippen LogP contribution >= 0.6 is 0 Å². The van der Waals surface area contributed by atoms with E-state index in [-0.39, 0.29) is 18.8 Å². The number of hydrogen-bond acceptors (Lipinski definition) is 6. The largest absolute Gasteiger partial charge is 0.493 e. The average molecular weight is 440 g/mol. The van der Waals surface area contributed by atoms with Crippen LogP contribution in [-0.2, 0) is 6.42 Å². The van der Waals surface area contributed by atoms with E-state index in [2.05, 4.69) is 22.5 Å². The van der Waals surface area contributed by atoms with E-state index in [1.54, 1.807) is 12.1 Å². The number of urea groups is 1. The summed E-state index contributed by atoms with van der Waals surface area (Å²) in [6.07, 6.45) is 0.843. The summed E-state index contributed by atoms with van der Waals surface area (Å²) >= 11 is 0. The van der Waals surface area contributed by atoms with Gasteiger partial charge >= 0.3 is 6.03 Å². The molecule has 0 bridgehead atoms. The molecule has 2 N–H and O–H groups in total. The molecule has 1 heterocycles. The third-order valence-corrected chi connectivity index (χ3v) is 4.74. The Kier molecular flexibility index (Phi) is 7.21. The van der Waals surface area contributed by atoms with Gasteiger partial charge in [0.25, 0.3) is 0 Å². The molecular formula is C24H28N2O6. The fourth-order valence-corrected chi connectivity index (χ4v) is 3.38. The van der Waals surface area contributed by atoms with Crippen LogP contribution in [0.3, 0.4) is 0 Å². The predicted octanol–water partition coefficient (Wildman–Crippen LogP) is 3.63. The number of para-hydroxylation sites is 1. The third kappa shape index (κ3) is 5.49. The van der Waals surface area contributed by atoms with Gasteiger partial charge in [0.05, 0.1) is 33.6 Å². The van der Waals surface area contributed by atoms with Crippen molar-refractivity contribution in [3.8, 4) is 40.6 Å². The van der Waals surface area contributed by atoms with Gasteiger partial charge in [0.1, 0.15) is 12.2 Å². The standard InChI is InChI=1S/C24H28N2O6/c1-24(2)15-16-9-8-10-18(21(16)32-24)31-12-7-6-11-25-23(27)26-17-13-19(28-3)22(30-5)20(14-17)29-4/h8-10,13-14H,11-12,15H2,1-5H3,(H2,25,26,27). The quantitative estimate of drug-likeness (QED) is 0.640. The number of carbonyl (C=O) groups excluding carboxylic acids is 1. The van der Waals surface area contributed by atoms with Crippen LogP contribution in [0.1, 0.15) is 19.4 Å². The average Bonchev–Trinajstić information content (AvgIpc) is 3.09. The van der Waals surface area contributed by atoms with E-state index < -0.39 is 6.03 Å². The lowest BCUT2D eigenvalue weighted by molar-refractivity contribution is 0.133. The highest BCUT2D eigenvalue weighted by molar-refractivity contribution is 5.90. The van der Waals surface area contributed by atoms with Crippen LogP contribution in [0.15, 0.2) is 30.3 Å². The van der Waals surface area contributed by atoms with Crippen molar-refractivity contribution >= 4 is 11.7 Å². The SMILES string of the molecule is COc1cc(NC(=O)NCC#CCOc2cccc3c2OC(C)(C)C3)cc(OC)c1OC. The number of benzene rings is 2. The maximum atomic E-state index is 12.2. The highest BCUT2D eigenvalue weighted by Crippen LogP contribution is 2.42. The minimum atomic E-state index is -0.411. The van der Waals surface area contributed by atoms with E-state index >= 15 is 0 Å². The molecule has 0 spiro atoms. The summed E-state index contributed by atoms with van der Waals surface area (Å²) in [5, 5.41) is 5.38. The summed E-state index contributed by atoms with van der Waals surface area (Å²) < 4.78 is 27.6. The lowest BCUT2D eigenvalue weighted by atomic mass is 10.0. The van der Waals surface area contributed by atoms with Crippen LogP contribution in [-0.4, -0.2) is 46.1 Å². The number of amides is 2. The molecule has 8 nitrogen and oxygen atoms in total. The second kappa shape index (κ2) is 10.1. The summed E-state index contributed by atoms with van der Waals surface area (Å²) in [4.78, 5) is 12.2. The van der Waals surface area contributed by atoms with Crippen LogP contribution in [0, 0.1) is 11.8 Å². The van der Waals surface area contributed by atoms with E-state index in [1.807, 2.05) is 32.0 Å². The molecule has 0 saturated heterocycles. The highest BCUT2D eigenvalue weighted by atomic mass is 16.5. The van der Waals surface area contributed by atoms with Gasteiger partial charge in [-0.3, -0.25) is 0 Å². The van der Waals surface area contributed by atoms with Crippen molar-refractivity contribution in [2.24, 2.45) is 0 Å². The first-order chi connectivity index (χ1) is 15.4. The van der Waals surface area contributed by atoms with Crippen molar-refractivity contribution in [1.82, 2.24) is 5.32 Å². The molecule has 0 aromatic heterocycles. The van der Waals surface area contributed by atoms with Gasteiger partial charge in [-0.1, -0.05) is 24.0 Å². The van der Waals surface area contributed by atoms with Crippen molar-refractivity contribution in [3.05, 3.63) is 35.9 Å². The molecule has 0 radical (unpaired) electrons. The van der Waals surface area contributed by atoms with Gasteiger partial charge < -0.3 is 34.3 Å². The van der Waals surface area contributed by atoms with Gasteiger partial charge in [0.2, 0.25) is 5.75 Å². The Morgan fingerprint density at radius 3 is 2.44 bits per heavy atom. The first-order valence-corrected chi connectivity index (χ1v) is 10.1. The van der Waals surface area contributed by atoms with E-state index in [9.17, 15) is 4.79 Å². The molecule has 8 heteroatoms. The number of carbonyl (C=O) groups is 1. The topological polar surface area (TPSA) is 87.3 Å². The van der Waals surface area contributed by atoms with Crippen LogP contribution in [0.25, 0.3) is 0 Å². The first kappa shape index (κ1) is 22.9. The Labute approximate surface area is 188 Å². The third-order valence-electron chi connectivity index (χ3n) is 4.74. The summed E-state index contributed by atoms with van der Waals surface area (Å²) in [6, 6.07) is 8.72. The van der Waals surface area contributed by atoms with E-state index in [1.165, 1.54) is 21.3 Å². The highest BCUT2D eigenvalue weighted by Gasteiger charge is 2.32. The zero-order valence-electron chi connectivity index (χ0n) is 19.0. The molecule has 0 saturated carbocycles. The molecule has 1 aliphatic rings. The molecule has 1 aliphatic heterocycles. The molecule has 0 unspecified atom stereocenters. The minimum absolute atomic E-state index is 0.163. The number of fused-ring (bicyclic) bond motifs is 1. The van der Waals surface area contributed by atoms with Crippen molar-refractivity contribution in [2.75, 3.05) is 39.8 Å². The summed E-state index contributed by atoms with van der Waals surface area (Å²) in [6.45, 7) is 4.45. The van der Waals surface area contributed by atoms with Gasteiger partial charge in [-0.25, -0.2) is 4.79 Å². The Morgan fingerprint density at radius 1 is 1.06 bits per heavy atom. The van der Waals surface area contributed by atoms with Crippen LogP contribution in [0.4, 0.5) is 10.5 Å². The van der Waals surface area contributed by atoms with Crippen LogP contribution < -0.4 is 34.3 Å². The van der Waals surface area contributed by atoms with E-state index in [4.69, 9.17) is 23.7 Å². The zero-order valence-corrected chi connectivity index (χ0v) is 19.0. The predicted molar refractivity (Wildman–Crippen MR) is 121 cm³/mol. The number of methoxy groups -OCH3 is 3. The number of rotatable bonds is 7. The number of anilines is 1. The summed E-state index contributed by atoms with van der Waals surface area (Å²) in [7, 11) is 4.53. The maximum Gasteiger partial charge on any atom is 0.319 e. The first-order valence-electron chi connectivity index (χ1n) is 10.1. The maximum absolute atomic E-state index is 12.2. The van der Waals surface area contributed by atoms with Crippen molar-refractivity contribution in [1.29, 1.82) is 0 Å². The molecule has 32 heavy (non-hydrogen) atoms. The van der Waals surface area contributed by atoms with E-state index in [0.717, 1.165) is 17.7 Å². The summed E-state index contributed by atoms with van der Waals surface area (Å²) in [5.74, 6) is 8.54. The Balaban J connectivity index is 1.49. The lowest BCUT2D eigenvalue weighted by Gasteiger charge is -2.17. The Bertz CT molecular complexity index is 1010. The summed E-state index contributed by atoms with van der Waals surface area (Å²) in [5.41, 5.74) is 1.39. The molecule has 170 valence electrons. The fourth-order valence-electron chi connectivity index (χ4n) is 3.38. The number of ether oxygens (including phenoxy) is 5. The number of nitrogens with one attached hydrogen (secondary N) is 2. The second-order valence-corrected chi connectivity index (χ2v) is 7.65. The smallest absolute Gasteiger partial charge is 0.319 e. The lowest BCUT2D eigenvalue weighted by Crippen LogP contribution is -2.29. The molecule has 0 atom stereocenters. The van der Waals surface area contributed by atoms with Gasteiger partial charge in [-0.05, 0) is 19.9 Å². The molecule has 0 fully saturated rings. The normalized spacial score (nSPS) is 13.0. The molecular weight excluding hydrogens is 412 g/mol. The van der Waals surface area contributed by atoms with Crippen LogP contribution in [0.5, 0.6) is 28.7 Å². The molecule has 0 aliphatic carbocycles.